The fourth-order valence-electron chi connectivity index (χ4n) is 2.40. The van der Waals surface area contributed by atoms with E-state index >= 15 is 0 Å². The minimum atomic E-state index is 0.0741. The van der Waals surface area contributed by atoms with E-state index in [1.54, 1.807) is 0 Å². The number of hydrogen-bond donors (Lipinski definition) is 2. The highest BCUT2D eigenvalue weighted by Crippen LogP contribution is 2.30. The Labute approximate surface area is 140 Å². The smallest absolute Gasteiger partial charge is 0.221 e. The zero-order chi connectivity index (χ0) is 15.2. The van der Waals surface area contributed by atoms with Crippen molar-refractivity contribution in [2.75, 3.05) is 24.6 Å². The van der Waals surface area contributed by atoms with Gasteiger partial charge in [0.2, 0.25) is 5.91 Å². The van der Waals surface area contributed by atoms with Gasteiger partial charge >= 0.3 is 0 Å². The summed E-state index contributed by atoms with van der Waals surface area (Å²) in [6.45, 7) is 3.54. The first kappa shape index (κ1) is 16.9. The Morgan fingerprint density at radius 2 is 2.19 bits per heavy atom. The van der Waals surface area contributed by atoms with Crippen LogP contribution in [0.1, 0.15) is 24.8 Å². The molecule has 1 saturated heterocycles. The number of thioether (sulfide) groups is 1. The fraction of sp³-hybridized carbons (Fsp3) is 0.533. The van der Waals surface area contributed by atoms with E-state index in [0.717, 1.165) is 23.6 Å². The number of carbonyl (C=O) groups is 1. The topological polar surface area (TPSA) is 41.1 Å². The number of carbonyl (C=O) groups excluding carboxylic acids is 1. The van der Waals surface area contributed by atoms with Crippen molar-refractivity contribution in [2.24, 2.45) is 0 Å². The van der Waals surface area contributed by atoms with Crippen molar-refractivity contribution in [2.45, 2.75) is 25.3 Å². The van der Waals surface area contributed by atoms with Crippen LogP contribution in [0, 0.1) is 0 Å². The van der Waals surface area contributed by atoms with Crippen LogP contribution in [0.5, 0.6) is 0 Å². The largest absolute Gasteiger partial charge is 0.355 e. The molecule has 0 aromatic heterocycles. The predicted molar refractivity (Wildman–Crippen MR) is 91.6 cm³/mol. The SMILES string of the molecule is CC(CNC(=O)CC1CSCCN1)c1c(Cl)cccc1Cl. The van der Waals surface area contributed by atoms with Gasteiger partial charge in [-0.15, -0.1) is 0 Å². The third-order valence-corrected chi connectivity index (χ3v) is 5.32. The van der Waals surface area contributed by atoms with E-state index in [4.69, 9.17) is 23.2 Å². The third kappa shape index (κ3) is 5.06. The van der Waals surface area contributed by atoms with Crippen LogP contribution in [-0.2, 0) is 4.79 Å². The van der Waals surface area contributed by atoms with Crippen molar-refractivity contribution in [1.82, 2.24) is 10.6 Å². The van der Waals surface area contributed by atoms with Crippen molar-refractivity contribution in [3.05, 3.63) is 33.8 Å². The summed E-state index contributed by atoms with van der Waals surface area (Å²) >= 11 is 14.3. The predicted octanol–water partition coefficient (Wildman–Crippen LogP) is 3.31. The summed E-state index contributed by atoms with van der Waals surface area (Å²) in [4.78, 5) is 12.0. The molecular weight excluding hydrogens is 327 g/mol. The molecule has 1 aromatic carbocycles. The van der Waals surface area contributed by atoms with E-state index in [0.29, 0.717) is 23.0 Å². The van der Waals surface area contributed by atoms with Crippen molar-refractivity contribution in [1.29, 1.82) is 0 Å². The maximum atomic E-state index is 12.0. The zero-order valence-corrected chi connectivity index (χ0v) is 14.3. The Morgan fingerprint density at radius 1 is 1.48 bits per heavy atom. The summed E-state index contributed by atoms with van der Waals surface area (Å²) in [5.74, 6) is 2.29. The van der Waals surface area contributed by atoms with E-state index in [9.17, 15) is 4.79 Å². The minimum Gasteiger partial charge on any atom is -0.355 e. The van der Waals surface area contributed by atoms with Gasteiger partial charge in [-0.2, -0.15) is 11.8 Å². The van der Waals surface area contributed by atoms with E-state index in [-0.39, 0.29) is 17.9 Å². The molecule has 1 heterocycles. The van der Waals surface area contributed by atoms with Gasteiger partial charge in [0.05, 0.1) is 0 Å². The molecule has 0 aliphatic carbocycles. The number of benzene rings is 1. The molecule has 2 atom stereocenters. The van der Waals surface area contributed by atoms with E-state index in [1.165, 1.54) is 0 Å². The molecule has 116 valence electrons. The molecular formula is C15H20Cl2N2OS. The summed E-state index contributed by atoms with van der Waals surface area (Å²) < 4.78 is 0. The van der Waals surface area contributed by atoms with Crippen LogP contribution in [0.2, 0.25) is 10.0 Å². The third-order valence-electron chi connectivity index (χ3n) is 3.53. The molecule has 1 aliphatic heterocycles. The summed E-state index contributed by atoms with van der Waals surface area (Å²) in [6.07, 6.45) is 0.524. The minimum absolute atomic E-state index is 0.0741. The lowest BCUT2D eigenvalue weighted by Crippen LogP contribution is -2.41. The fourth-order valence-corrected chi connectivity index (χ4v) is 4.12. The van der Waals surface area contributed by atoms with Crippen molar-refractivity contribution < 1.29 is 4.79 Å². The molecule has 1 amide bonds. The highest BCUT2D eigenvalue weighted by atomic mass is 35.5. The molecule has 2 N–H and O–H groups in total. The summed E-state index contributed by atoms with van der Waals surface area (Å²) in [7, 11) is 0. The summed E-state index contributed by atoms with van der Waals surface area (Å²) in [5.41, 5.74) is 0.896. The van der Waals surface area contributed by atoms with E-state index in [1.807, 2.05) is 36.9 Å². The van der Waals surface area contributed by atoms with Gasteiger partial charge in [-0.05, 0) is 17.7 Å². The zero-order valence-electron chi connectivity index (χ0n) is 12.0. The molecule has 2 unspecified atom stereocenters. The van der Waals surface area contributed by atoms with Crippen molar-refractivity contribution in [3.63, 3.8) is 0 Å². The molecule has 3 nitrogen and oxygen atoms in total. The molecule has 6 heteroatoms. The first-order valence-electron chi connectivity index (χ1n) is 7.09. The molecule has 21 heavy (non-hydrogen) atoms. The Balaban J connectivity index is 1.83. The second kappa shape index (κ2) is 8.28. The molecule has 1 aromatic rings. The normalized spacial score (nSPS) is 20.0. The van der Waals surface area contributed by atoms with Crippen LogP contribution < -0.4 is 10.6 Å². The number of amides is 1. The second-order valence-corrected chi connectivity index (χ2v) is 7.23. The number of halogens is 2. The van der Waals surface area contributed by atoms with Crippen LogP contribution in [0.3, 0.4) is 0 Å². The highest BCUT2D eigenvalue weighted by Gasteiger charge is 2.18. The molecule has 0 spiro atoms. The number of hydrogen-bond acceptors (Lipinski definition) is 3. The molecule has 1 fully saturated rings. The van der Waals surface area contributed by atoms with Crippen LogP contribution in [-0.4, -0.2) is 36.5 Å². The van der Waals surface area contributed by atoms with E-state index in [2.05, 4.69) is 10.6 Å². The van der Waals surface area contributed by atoms with Crippen LogP contribution >= 0.6 is 35.0 Å². The quantitative estimate of drug-likeness (QED) is 0.859. The van der Waals surface area contributed by atoms with Gasteiger partial charge in [-0.1, -0.05) is 36.2 Å². The molecule has 1 aliphatic rings. The maximum Gasteiger partial charge on any atom is 0.221 e. The van der Waals surface area contributed by atoms with Crippen LogP contribution in [0.25, 0.3) is 0 Å². The Hall–Kier alpha value is -0.420. The Morgan fingerprint density at radius 3 is 2.81 bits per heavy atom. The summed E-state index contributed by atoms with van der Waals surface area (Å²) in [5, 5.41) is 7.64. The number of rotatable bonds is 5. The van der Waals surface area contributed by atoms with E-state index < -0.39 is 0 Å². The lowest BCUT2D eigenvalue weighted by molar-refractivity contribution is -0.121. The lowest BCUT2D eigenvalue weighted by atomic mass is 10.0. The van der Waals surface area contributed by atoms with Crippen molar-refractivity contribution in [3.8, 4) is 0 Å². The highest BCUT2D eigenvalue weighted by molar-refractivity contribution is 7.99. The van der Waals surface area contributed by atoms with Crippen molar-refractivity contribution >= 4 is 40.9 Å². The summed E-state index contributed by atoms with van der Waals surface area (Å²) in [6, 6.07) is 5.75. The van der Waals surface area contributed by atoms with Gasteiger partial charge in [0.15, 0.2) is 0 Å². The average Bonchev–Trinajstić information content (AvgIpc) is 2.46. The lowest BCUT2D eigenvalue weighted by Gasteiger charge is -2.23. The molecule has 0 saturated carbocycles. The van der Waals surface area contributed by atoms with Gasteiger partial charge < -0.3 is 10.6 Å². The first-order valence-corrected chi connectivity index (χ1v) is 9.00. The standard InChI is InChI=1S/C15H20Cl2N2OS/c1-10(15-12(16)3-2-4-13(15)17)8-19-14(20)7-11-9-21-6-5-18-11/h2-4,10-11,18H,5-9H2,1H3,(H,19,20). The molecule has 2 rings (SSSR count). The monoisotopic (exact) mass is 346 g/mol. The molecule has 0 radical (unpaired) electrons. The Kier molecular flexibility index (Phi) is 6.68. The van der Waals surface area contributed by atoms with Gasteiger partial charge in [-0.3, -0.25) is 4.79 Å². The van der Waals surface area contributed by atoms with Gasteiger partial charge in [0.25, 0.3) is 0 Å². The maximum absolute atomic E-state index is 12.0. The van der Waals surface area contributed by atoms with Gasteiger partial charge in [0, 0.05) is 53.0 Å². The average molecular weight is 347 g/mol. The second-order valence-electron chi connectivity index (χ2n) is 5.27. The number of nitrogens with one attached hydrogen (secondary N) is 2. The van der Waals surface area contributed by atoms with Gasteiger partial charge in [-0.25, -0.2) is 0 Å². The molecule has 0 bridgehead atoms. The first-order chi connectivity index (χ1) is 10.1. The van der Waals surface area contributed by atoms with Gasteiger partial charge in [0.1, 0.15) is 0 Å². The van der Waals surface area contributed by atoms with Crippen LogP contribution in [0.15, 0.2) is 18.2 Å². The Bertz CT molecular complexity index is 472. The van der Waals surface area contributed by atoms with Crippen LogP contribution in [0.4, 0.5) is 0 Å².